The van der Waals surface area contributed by atoms with Crippen molar-refractivity contribution in [3.05, 3.63) is 83.6 Å². The van der Waals surface area contributed by atoms with E-state index in [1.807, 2.05) is 25.1 Å². The number of benzene rings is 3. The Labute approximate surface area is 255 Å². The Morgan fingerprint density at radius 2 is 1.80 bits per heavy atom. The number of nitrogens with one attached hydrogen (secondary N) is 2. The van der Waals surface area contributed by atoms with E-state index < -0.39 is 55.7 Å². The molecular weight excluding hydrogens is 648 g/mol. The van der Waals surface area contributed by atoms with Crippen LogP contribution in [0.4, 0.5) is 26.3 Å². The van der Waals surface area contributed by atoms with E-state index in [9.17, 15) is 26.0 Å². The maximum absolute atomic E-state index is 15.5. The molecule has 45 heavy (non-hydrogen) atoms. The van der Waals surface area contributed by atoms with E-state index in [0.717, 1.165) is 23.4 Å². The summed E-state index contributed by atoms with van der Waals surface area (Å²) in [4.78, 5) is 9.94. The lowest BCUT2D eigenvalue weighted by molar-refractivity contribution is -0.0500. The number of imidazole rings is 1. The first-order chi connectivity index (χ1) is 21.2. The number of thioether (sulfide) groups is 1. The van der Waals surface area contributed by atoms with Crippen LogP contribution in [0.25, 0.3) is 22.3 Å². The monoisotopic (exact) mass is 669 g/mol. The van der Waals surface area contributed by atoms with Crippen LogP contribution < -0.4 is 13.7 Å². The highest BCUT2D eigenvalue weighted by Gasteiger charge is 2.49. The van der Waals surface area contributed by atoms with E-state index in [1.165, 1.54) is 24.7 Å². The summed E-state index contributed by atoms with van der Waals surface area (Å²) in [6.07, 6.45) is 4.88. The fraction of sp³-hybridized carbons (Fsp3) is 0.207. The maximum atomic E-state index is 15.5. The van der Waals surface area contributed by atoms with Crippen LogP contribution in [-0.2, 0) is 15.5 Å². The van der Waals surface area contributed by atoms with Crippen LogP contribution in [0, 0.1) is 17.5 Å². The molecule has 0 amide bonds. The van der Waals surface area contributed by atoms with Gasteiger partial charge in [-0.25, -0.2) is 13.8 Å². The Morgan fingerprint density at radius 1 is 1.04 bits per heavy atom. The quantitative estimate of drug-likeness (QED) is 0.0788. The molecule has 6 rings (SSSR count). The molecule has 0 bridgehead atoms. The third-order valence-electron chi connectivity index (χ3n) is 7.48. The molecule has 0 saturated heterocycles. The summed E-state index contributed by atoms with van der Waals surface area (Å²) in [7, 11) is -6.33. The van der Waals surface area contributed by atoms with Crippen molar-refractivity contribution < 1.29 is 48.4 Å². The van der Waals surface area contributed by atoms with Gasteiger partial charge in [-0.05, 0) is 37.8 Å². The number of nitrogens with zero attached hydrogens (tertiary/aromatic N) is 1. The molecule has 0 radical (unpaired) electrons. The van der Waals surface area contributed by atoms with Gasteiger partial charge in [-0.1, -0.05) is 18.2 Å². The normalized spacial score (nSPS) is 16.8. The highest BCUT2D eigenvalue weighted by atomic mass is 32.2. The number of fused-ring (bicyclic) bond motifs is 2. The molecule has 0 aliphatic carbocycles. The molecule has 1 unspecified atom stereocenters. The number of aromatic amines is 2. The fourth-order valence-electron chi connectivity index (χ4n) is 5.16. The molecule has 8 nitrogen and oxygen atoms in total. The third kappa shape index (κ3) is 5.14. The van der Waals surface area contributed by atoms with Gasteiger partial charge in [0.15, 0.2) is 23.1 Å². The number of ether oxygens (including phenoxy) is 2. The number of rotatable bonds is 7. The molecule has 3 aromatic carbocycles. The zero-order valence-corrected chi connectivity index (χ0v) is 24.8. The van der Waals surface area contributed by atoms with Crippen molar-refractivity contribution in [2.75, 3.05) is 12.9 Å². The first-order valence-electron chi connectivity index (χ1n) is 13.1. The summed E-state index contributed by atoms with van der Waals surface area (Å²) >= 11 is 0.918. The van der Waals surface area contributed by atoms with Gasteiger partial charge in [0.1, 0.15) is 17.4 Å². The lowest BCUT2D eigenvalue weighted by Crippen LogP contribution is -2.31. The Morgan fingerprint density at radius 3 is 2.53 bits per heavy atom. The van der Waals surface area contributed by atoms with Gasteiger partial charge >= 0.3 is 15.6 Å². The van der Waals surface area contributed by atoms with Gasteiger partial charge in [-0.2, -0.15) is 26.0 Å². The van der Waals surface area contributed by atoms with Gasteiger partial charge < -0.3 is 23.6 Å². The van der Waals surface area contributed by atoms with E-state index >= 15 is 8.78 Å². The average Bonchev–Trinajstić information content (AvgIpc) is 3.68. The highest BCUT2D eigenvalue weighted by Crippen LogP contribution is 2.47. The first kappa shape index (κ1) is 30.7. The van der Waals surface area contributed by atoms with E-state index in [-0.39, 0.29) is 27.2 Å². The molecule has 5 aromatic rings. The Kier molecular flexibility index (Phi) is 7.47. The minimum absolute atomic E-state index is 0.0204. The number of hydrogen-bond donors (Lipinski definition) is 2. The van der Waals surface area contributed by atoms with Crippen LogP contribution in [0.1, 0.15) is 24.6 Å². The van der Waals surface area contributed by atoms with E-state index in [4.69, 9.17) is 9.47 Å². The second-order valence-corrected chi connectivity index (χ2v) is 12.5. The van der Waals surface area contributed by atoms with E-state index in [2.05, 4.69) is 19.1 Å². The third-order valence-corrected chi connectivity index (χ3v) is 9.26. The Hall–Kier alpha value is -4.31. The van der Waals surface area contributed by atoms with Crippen molar-refractivity contribution in [3.8, 4) is 34.4 Å². The minimum atomic E-state index is -6.33. The van der Waals surface area contributed by atoms with Gasteiger partial charge in [0.25, 0.3) is 0 Å². The second kappa shape index (κ2) is 10.9. The van der Waals surface area contributed by atoms with Gasteiger partial charge in [-0.3, -0.25) is 0 Å². The summed E-state index contributed by atoms with van der Waals surface area (Å²) in [6, 6.07) is 9.84. The average molecular weight is 670 g/mol. The van der Waals surface area contributed by atoms with E-state index in [1.54, 1.807) is 6.07 Å². The molecule has 0 saturated carbocycles. The summed E-state index contributed by atoms with van der Waals surface area (Å²) in [5.41, 5.74) is -5.86. The van der Waals surface area contributed by atoms with Crippen LogP contribution in [0.2, 0.25) is 0 Å². The molecular formula is C29H21F6N3O5S2. The fourth-order valence-corrected chi connectivity index (χ4v) is 6.33. The van der Waals surface area contributed by atoms with E-state index in [0.29, 0.717) is 30.5 Å². The largest absolute Gasteiger partial charge is 0.534 e. The standard InChI is InChI=1S/C29H21F6N3O5S2/c1-28(8-10-41-18-6-4-3-5-16(18)28)21-13-37-27(38-21)15-11-19(20(12-17(15)30)43-45(39,40)29(33,34)35)42-25-23(32)22(31)24-14(7-9-36-24)26(25)44-2/h3-7,9,11-13,36H,8,10H2,1-2H3,(H,37,38). The maximum Gasteiger partial charge on any atom is 0.534 e. The molecule has 0 fully saturated rings. The Bertz CT molecular complexity index is 2060. The van der Waals surface area contributed by atoms with Crippen molar-refractivity contribution in [1.82, 2.24) is 15.0 Å². The van der Waals surface area contributed by atoms with Crippen LogP contribution in [0.3, 0.4) is 0 Å². The first-order valence-corrected chi connectivity index (χ1v) is 15.7. The number of para-hydroxylation sites is 1. The van der Waals surface area contributed by atoms with Gasteiger partial charge in [0, 0.05) is 34.8 Å². The number of alkyl halides is 3. The molecule has 16 heteroatoms. The smallest absolute Gasteiger partial charge is 0.493 e. The molecule has 1 aliphatic heterocycles. The SMILES string of the molecule is CSc1c(Oc2cc(-c3nc(C4(C)CCOc5ccccc54)c[nH]3)c(F)cc2OS(=O)(=O)C(F)(F)F)c(F)c(F)c2[nH]ccc12. The zero-order valence-electron chi connectivity index (χ0n) is 23.2. The van der Waals surface area contributed by atoms with Crippen molar-refractivity contribution >= 4 is 32.8 Å². The number of hydrogen-bond acceptors (Lipinski definition) is 7. The highest BCUT2D eigenvalue weighted by molar-refractivity contribution is 7.99. The van der Waals surface area contributed by atoms with Crippen molar-refractivity contribution in [1.29, 1.82) is 0 Å². The topological polar surface area (TPSA) is 106 Å². The van der Waals surface area contributed by atoms with Gasteiger partial charge in [0.05, 0.1) is 28.3 Å². The molecule has 236 valence electrons. The number of H-pyrrole nitrogens is 2. The van der Waals surface area contributed by atoms with Gasteiger partial charge in [-0.15, -0.1) is 11.8 Å². The molecule has 2 N–H and O–H groups in total. The molecule has 2 aromatic heterocycles. The molecule has 0 spiro atoms. The molecule has 1 atom stereocenters. The number of halogens is 6. The lowest BCUT2D eigenvalue weighted by atomic mass is 9.75. The second-order valence-electron chi connectivity index (χ2n) is 10.2. The molecule has 1 aliphatic rings. The van der Waals surface area contributed by atoms with Crippen molar-refractivity contribution in [2.45, 2.75) is 29.2 Å². The summed E-state index contributed by atoms with van der Waals surface area (Å²) in [5.74, 6) is -6.51. The lowest BCUT2D eigenvalue weighted by Gasteiger charge is -2.34. The van der Waals surface area contributed by atoms with Crippen LogP contribution in [-0.4, -0.2) is 41.7 Å². The van der Waals surface area contributed by atoms with Crippen LogP contribution in [0.15, 0.2) is 59.8 Å². The molecule has 3 heterocycles. The minimum Gasteiger partial charge on any atom is -0.493 e. The summed E-state index contributed by atoms with van der Waals surface area (Å²) in [5, 5.41) is 0.171. The number of aromatic nitrogens is 3. The predicted molar refractivity (Wildman–Crippen MR) is 153 cm³/mol. The zero-order chi connectivity index (χ0) is 32.3. The van der Waals surface area contributed by atoms with Crippen molar-refractivity contribution in [2.24, 2.45) is 0 Å². The summed E-state index contributed by atoms with van der Waals surface area (Å²) < 4.78 is 125. The summed E-state index contributed by atoms with van der Waals surface area (Å²) in [6.45, 7) is 2.28. The predicted octanol–water partition coefficient (Wildman–Crippen LogP) is 7.81. The van der Waals surface area contributed by atoms with Crippen LogP contribution in [0.5, 0.6) is 23.0 Å². The Balaban J connectivity index is 1.49. The van der Waals surface area contributed by atoms with Gasteiger partial charge in [0.2, 0.25) is 5.82 Å². The van der Waals surface area contributed by atoms with Crippen molar-refractivity contribution in [3.63, 3.8) is 0 Å². The van der Waals surface area contributed by atoms with Crippen LogP contribution >= 0.6 is 11.8 Å².